The molecule has 24 heavy (non-hydrogen) atoms. The second-order valence-corrected chi connectivity index (χ2v) is 6.40. The Balaban J connectivity index is 1.79. The first kappa shape index (κ1) is 16.6. The molecule has 1 aromatic carbocycles. The first-order chi connectivity index (χ1) is 11.6. The van der Waals surface area contributed by atoms with Gasteiger partial charge in [0.1, 0.15) is 17.5 Å². The maximum absolute atomic E-state index is 4.52. The monoisotopic (exact) mass is 325 g/mol. The molecule has 0 spiro atoms. The molecule has 3 rings (SSSR count). The first-order valence-corrected chi connectivity index (χ1v) is 8.84. The van der Waals surface area contributed by atoms with E-state index in [9.17, 15) is 0 Å². The molecule has 0 aliphatic heterocycles. The van der Waals surface area contributed by atoms with Gasteiger partial charge >= 0.3 is 0 Å². The normalized spacial score (nSPS) is 13.7. The van der Waals surface area contributed by atoms with Crippen molar-refractivity contribution in [3.63, 3.8) is 0 Å². The van der Waals surface area contributed by atoms with Crippen molar-refractivity contribution in [2.75, 3.05) is 28.6 Å². The van der Waals surface area contributed by atoms with Crippen LogP contribution in [-0.2, 0) is 0 Å². The van der Waals surface area contributed by atoms with E-state index in [1.54, 1.807) is 0 Å². The number of aryl methyl sites for hydroxylation is 2. The van der Waals surface area contributed by atoms with Crippen molar-refractivity contribution in [2.24, 2.45) is 0 Å². The van der Waals surface area contributed by atoms with Gasteiger partial charge in [0.25, 0.3) is 0 Å². The van der Waals surface area contributed by atoms with Gasteiger partial charge in [0.2, 0.25) is 0 Å². The van der Waals surface area contributed by atoms with Crippen LogP contribution in [-0.4, -0.2) is 29.1 Å². The van der Waals surface area contributed by atoms with Gasteiger partial charge in [-0.3, -0.25) is 0 Å². The molecule has 0 radical (unpaired) electrons. The summed E-state index contributed by atoms with van der Waals surface area (Å²) in [5.41, 5.74) is 3.56. The molecule has 1 aromatic heterocycles. The van der Waals surface area contributed by atoms with Crippen LogP contribution in [0.2, 0.25) is 0 Å². The van der Waals surface area contributed by atoms with Gasteiger partial charge in [0, 0.05) is 36.6 Å². The van der Waals surface area contributed by atoms with Gasteiger partial charge in [-0.15, -0.1) is 0 Å². The molecule has 0 saturated heterocycles. The Morgan fingerprint density at radius 2 is 1.75 bits per heavy atom. The van der Waals surface area contributed by atoms with E-state index in [1.165, 1.54) is 24.1 Å². The Morgan fingerprint density at radius 1 is 1.04 bits per heavy atom. The van der Waals surface area contributed by atoms with E-state index in [0.717, 1.165) is 36.2 Å². The highest BCUT2D eigenvalue weighted by molar-refractivity contribution is 5.66. The number of rotatable bonds is 7. The summed E-state index contributed by atoms with van der Waals surface area (Å²) in [5.74, 6) is 2.52. The number of nitrogens with one attached hydrogen (secondary N) is 2. The quantitative estimate of drug-likeness (QED) is 0.797. The lowest BCUT2D eigenvalue weighted by atomic mass is 10.1. The number of anilines is 4. The summed E-state index contributed by atoms with van der Waals surface area (Å²) in [6.45, 7) is 10.5. The van der Waals surface area contributed by atoms with Crippen molar-refractivity contribution in [2.45, 2.75) is 46.6 Å². The van der Waals surface area contributed by atoms with Crippen LogP contribution in [0.5, 0.6) is 0 Å². The zero-order chi connectivity index (χ0) is 17.1. The molecule has 2 N–H and O–H groups in total. The van der Waals surface area contributed by atoms with E-state index in [1.807, 2.05) is 13.0 Å². The van der Waals surface area contributed by atoms with Crippen LogP contribution in [0, 0.1) is 13.8 Å². The third-order valence-corrected chi connectivity index (χ3v) is 4.37. The fourth-order valence-corrected chi connectivity index (χ4v) is 2.85. The fourth-order valence-electron chi connectivity index (χ4n) is 2.85. The van der Waals surface area contributed by atoms with E-state index in [-0.39, 0.29) is 0 Å². The number of hydrogen-bond acceptors (Lipinski definition) is 5. The van der Waals surface area contributed by atoms with E-state index in [4.69, 9.17) is 0 Å². The van der Waals surface area contributed by atoms with Gasteiger partial charge in [-0.1, -0.05) is 0 Å². The van der Waals surface area contributed by atoms with Crippen LogP contribution in [0.15, 0.2) is 24.3 Å². The Morgan fingerprint density at radius 3 is 2.38 bits per heavy atom. The third kappa shape index (κ3) is 3.96. The number of aromatic nitrogens is 2. The molecule has 1 aliphatic carbocycles. The molecular formula is C19H27N5. The zero-order valence-electron chi connectivity index (χ0n) is 15.1. The second kappa shape index (κ2) is 7.07. The highest BCUT2D eigenvalue weighted by Crippen LogP contribution is 2.27. The lowest BCUT2D eigenvalue weighted by Gasteiger charge is -2.22. The number of hydrogen-bond donors (Lipinski definition) is 2. The van der Waals surface area contributed by atoms with E-state index in [0.29, 0.717) is 6.04 Å². The lowest BCUT2D eigenvalue weighted by Crippen LogP contribution is -2.21. The van der Waals surface area contributed by atoms with Gasteiger partial charge in [0.15, 0.2) is 0 Å². The Kier molecular flexibility index (Phi) is 4.88. The minimum atomic E-state index is 0.585. The van der Waals surface area contributed by atoms with E-state index < -0.39 is 0 Å². The molecule has 0 atom stereocenters. The molecule has 0 bridgehead atoms. The van der Waals surface area contributed by atoms with Crippen LogP contribution >= 0.6 is 0 Å². The van der Waals surface area contributed by atoms with Crippen LogP contribution < -0.4 is 15.5 Å². The predicted octanol–water partition coefficient (Wildman–Crippen LogP) is 4.26. The largest absolute Gasteiger partial charge is 0.372 e. The smallest absolute Gasteiger partial charge is 0.136 e. The molecule has 1 aliphatic rings. The summed E-state index contributed by atoms with van der Waals surface area (Å²) in [4.78, 5) is 11.3. The van der Waals surface area contributed by atoms with Crippen molar-refractivity contribution >= 4 is 23.0 Å². The molecule has 5 heteroatoms. The van der Waals surface area contributed by atoms with Gasteiger partial charge in [0.05, 0.1) is 0 Å². The number of nitrogens with zero attached hydrogens (tertiary/aromatic N) is 3. The van der Waals surface area contributed by atoms with Gasteiger partial charge in [-0.2, -0.15) is 0 Å². The molecule has 128 valence electrons. The topological polar surface area (TPSA) is 53.1 Å². The molecule has 5 nitrogen and oxygen atoms in total. The van der Waals surface area contributed by atoms with Crippen molar-refractivity contribution in [1.82, 2.24) is 9.97 Å². The van der Waals surface area contributed by atoms with Crippen LogP contribution in [0.25, 0.3) is 0 Å². The van der Waals surface area contributed by atoms with Crippen LogP contribution in [0.1, 0.15) is 38.1 Å². The molecule has 1 saturated carbocycles. The van der Waals surface area contributed by atoms with Crippen molar-refractivity contribution in [1.29, 1.82) is 0 Å². The second-order valence-electron chi connectivity index (χ2n) is 6.40. The Hall–Kier alpha value is -2.30. The minimum Gasteiger partial charge on any atom is -0.372 e. The van der Waals surface area contributed by atoms with Crippen LogP contribution in [0.4, 0.5) is 23.0 Å². The highest BCUT2D eigenvalue weighted by atomic mass is 15.1. The molecule has 2 aromatic rings. The summed E-state index contributed by atoms with van der Waals surface area (Å²) in [7, 11) is 0. The summed E-state index contributed by atoms with van der Waals surface area (Å²) >= 11 is 0. The molecule has 0 unspecified atom stereocenters. The average Bonchev–Trinajstić information content (AvgIpc) is 3.34. The van der Waals surface area contributed by atoms with Gasteiger partial charge in [-0.25, -0.2) is 9.97 Å². The maximum Gasteiger partial charge on any atom is 0.136 e. The van der Waals surface area contributed by atoms with E-state index >= 15 is 0 Å². The van der Waals surface area contributed by atoms with Crippen LogP contribution in [0.3, 0.4) is 0 Å². The first-order valence-electron chi connectivity index (χ1n) is 8.84. The zero-order valence-corrected chi connectivity index (χ0v) is 15.1. The summed E-state index contributed by atoms with van der Waals surface area (Å²) in [5, 5.41) is 6.88. The Bertz CT molecular complexity index is 705. The minimum absolute atomic E-state index is 0.585. The lowest BCUT2D eigenvalue weighted by molar-refractivity contribution is 0.866. The number of benzene rings is 1. The van der Waals surface area contributed by atoms with Crippen molar-refractivity contribution in [3.8, 4) is 0 Å². The SMILES string of the molecule is CCN(CC)c1ccc(Nc2cc(NC3CC3)nc(C)n2)c(C)c1. The standard InChI is InChI=1S/C19H27N5/c1-5-24(6-2)16-9-10-17(13(3)11-16)23-19-12-18(20-14(4)21-19)22-15-7-8-15/h9-12,15H,5-8H2,1-4H3,(H2,20,21,22,23). The molecule has 0 amide bonds. The van der Waals surface area contributed by atoms with Gasteiger partial charge in [-0.05, 0) is 64.3 Å². The fraction of sp³-hybridized carbons (Fsp3) is 0.474. The van der Waals surface area contributed by atoms with E-state index in [2.05, 4.69) is 64.5 Å². The summed E-state index contributed by atoms with van der Waals surface area (Å²) < 4.78 is 0. The third-order valence-electron chi connectivity index (χ3n) is 4.37. The Labute approximate surface area is 144 Å². The van der Waals surface area contributed by atoms with Crippen molar-refractivity contribution in [3.05, 3.63) is 35.7 Å². The predicted molar refractivity (Wildman–Crippen MR) is 101 cm³/mol. The summed E-state index contributed by atoms with van der Waals surface area (Å²) in [6.07, 6.45) is 2.47. The highest BCUT2D eigenvalue weighted by Gasteiger charge is 2.21. The molecule has 1 fully saturated rings. The molecule has 1 heterocycles. The average molecular weight is 325 g/mol. The summed E-state index contributed by atoms with van der Waals surface area (Å²) in [6, 6.07) is 9.10. The van der Waals surface area contributed by atoms with Gasteiger partial charge < -0.3 is 15.5 Å². The van der Waals surface area contributed by atoms with Crippen molar-refractivity contribution < 1.29 is 0 Å². The maximum atomic E-state index is 4.52. The molecular weight excluding hydrogens is 298 g/mol.